The maximum absolute atomic E-state index is 11.4. The summed E-state index contributed by atoms with van der Waals surface area (Å²) < 4.78 is 22.8. The average molecular weight is 304 g/mol. The SMILES string of the molecule is CCc1ccc(CC(N)c2ccc(S(C)(=O)=O)cc2)nc1. The lowest BCUT2D eigenvalue weighted by Gasteiger charge is -2.12. The minimum absolute atomic E-state index is 0.196. The van der Waals surface area contributed by atoms with Gasteiger partial charge in [-0.1, -0.05) is 25.1 Å². The molecular weight excluding hydrogens is 284 g/mol. The van der Waals surface area contributed by atoms with Crippen molar-refractivity contribution < 1.29 is 8.42 Å². The van der Waals surface area contributed by atoms with Crippen molar-refractivity contribution in [2.45, 2.75) is 30.7 Å². The monoisotopic (exact) mass is 304 g/mol. The van der Waals surface area contributed by atoms with Crippen LogP contribution in [0.25, 0.3) is 0 Å². The zero-order chi connectivity index (χ0) is 15.5. The van der Waals surface area contributed by atoms with Gasteiger partial charge in [-0.05, 0) is 35.7 Å². The number of hydrogen-bond acceptors (Lipinski definition) is 4. The summed E-state index contributed by atoms with van der Waals surface area (Å²) in [6, 6.07) is 10.6. The van der Waals surface area contributed by atoms with Crippen LogP contribution in [-0.2, 0) is 22.7 Å². The first-order valence-electron chi connectivity index (χ1n) is 6.89. The van der Waals surface area contributed by atoms with Crippen LogP contribution in [0.15, 0.2) is 47.5 Å². The number of benzene rings is 1. The van der Waals surface area contributed by atoms with Crippen molar-refractivity contribution in [3.05, 3.63) is 59.4 Å². The maximum atomic E-state index is 11.4. The van der Waals surface area contributed by atoms with Gasteiger partial charge in [0.25, 0.3) is 0 Å². The lowest BCUT2D eigenvalue weighted by Crippen LogP contribution is -2.14. The highest BCUT2D eigenvalue weighted by atomic mass is 32.2. The standard InChI is InChI=1S/C16H20N2O2S/c1-3-12-4-7-14(18-11-12)10-16(17)13-5-8-15(9-6-13)21(2,19)20/h4-9,11,16H,3,10,17H2,1-2H3. The molecule has 1 unspecified atom stereocenters. The summed E-state index contributed by atoms with van der Waals surface area (Å²) in [5.41, 5.74) is 9.21. The third-order valence-electron chi connectivity index (χ3n) is 3.46. The highest BCUT2D eigenvalue weighted by molar-refractivity contribution is 7.90. The topological polar surface area (TPSA) is 73.1 Å². The highest BCUT2D eigenvalue weighted by Crippen LogP contribution is 2.18. The predicted molar refractivity (Wildman–Crippen MR) is 83.8 cm³/mol. The van der Waals surface area contributed by atoms with E-state index in [0.29, 0.717) is 11.3 Å². The number of rotatable bonds is 5. The molecule has 21 heavy (non-hydrogen) atoms. The van der Waals surface area contributed by atoms with Crippen molar-refractivity contribution in [2.24, 2.45) is 5.73 Å². The van der Waals surface area contributed by atoms with E-state index in [1.807, 2.05) is 12.3 Å². The number of aromatic nitrogens is 1. The Morgan fingerprint density at radius 2 is 1.81 bits per heavy atom. The van der Waals surface area contributed by atoms with Gasteiger partial charge in [0.15, 0.2) is 9.84 Å². The predicted octanol–water partition coefficient (Wildman–Crippen LogP) is 2.29. The van der Waals surface area contributed by atoms with Crippen LogP contribution in [0.5, 0.6) is 0 Å². The van der Waals surface area contributed by atoms with Gasteiger partial charge in [0, 0.05) is 30.6 Å². The molecule has 2 rings (SSSR count). The van der Waals surface area contributed by atoms with Crippen molar-refractivity contribution in [1.82, 2.24) is 4.98 Å². The smallest absolute Gasteiger partial charge is 0.175 e. The fourth-order valence-corrected chi connectivity index (χ4v) is 2.72. The third-order valence-corrected chi connectivity index (χ3v) is 4.59. The summed E-state index contributed by atoms with van der Waals surface area (Å²) in [6.07, 6.45) is 4.66. The average Bonchev–Trinajstić information content (AvgIpc) is 2.47. The van der Waals surface area contributed by atoms with Crippen LogP contribution in [0.2, 0.25) is 0 Å². The molecule has 0 aliphatic carbocycles. The first-order valence-corrected chi connectivity index (χ1v) is 8.78. The number of nitrogens with two attached hydrogens (primary N) is 1. The number of aryl methyl sites for hydroxylation is 1. The third kappa shape index (κ3) is 4.12. The molecule has 1 aromatic heterocycles. The number of hydrogen-bond donors (Lipinski definition) is 1. The van der Waals surface area contributed by atoms with E-state index in [-0.39, 0.29) is 6.04 Å². The van der Waals surface area contributed by atoms with Crippen molar-refractivity contribution >= 4 is 9.84 Å². The van der Waals surface area contributed by atoms with E-state index in [1.165, 1.54) is 11.8 Å². The second kappa shape index (κ2) is 6.37. The van der Waals surface area contributed by atoms with Gasteiger partial charge in [-0.3, -0.25) is 4.98 Å². The molecule has 0 amide bonds. The largest absolute Gasteiger partial charge is 0.324 e. The first-order chi connectivity index (χ1) is 9.90. The Morgan fingerprint density at radius 1 is 1.14 bits per heavy atom. The van der Waals surface area contributed by atoms with E-state index in [4.69, 9.17) is 5.73 Å². The normalized spacial score (nSPS) is 13.1. The lowest BCUT2D eigenvalue weighted by molar-refractivity contribution is 0.601. The summed E-state index contributed by atoms with van der Waals surface area (Å²) in [6.45, 7) is 2.09. The second-order valence-electron chi connectivity index (χ2n) is 5.16. The van der Waals surface area contributed by atoms with E-state index in [0.717, 1.165) is 17.7 Å². The number of nitrogens with zero attached hydrogens (tertiary/aromatic N) is 1. The van der Waals surface area contributed by atoms with Crippen molar-refractivity contribution in [1.29, 1.82) is 0 Å². The van der Waals surface area contributed by atoms with E-state index in [2.05, 4.69) is 18.0 Å². The van der Waals surface area contributed by atoms with Crippen LogP contribution < -0.4 is 5.73 Å². The van der Waals surface area contributed by atoms with Gasteiger partial charge in [0.2, 0.25) is 0 Å². The van der Waals surface area contributed by atoms with Crippen LogP contribution in [0.1, 0.15) is 29.8 Å². The van der Waals surface area contributed by atoms with Gasteiger partial charge in [-0.25, -0.2) is 8.42 Å². The summed E-state index contributed by atoms with van der Waals surface area (Å²) >= 11 is 0. The van der Waals surface area contributed by atoms with Crippen LogP contribution >= 0.6 is 0 Å². The van der Waals surface area contributed by atoms with E-state index < -0.39 is 9.84 Å². The Bertz CT molecular complexity index is 692. The highest BCUT2D eigenvalue weighted by Gasteiger charge is 2.11. The summed E-state index contributed by atoms with van der Waals surface area (Å²) in [7, 11) is -3.17. The fourth-order valence-electron chi connectivity index (χ4n) is 2.09. The number of pyridine rings is 1. The molecule has 0 bridgehead atoms. The fraction of sp³-hybridized carbons (Fsp3) is 0.312. The maximum Gasteiger partial charge on any atom is 0.175 e. The summed E-state index contributed by atoms with van der Waals surface area (Å²) in [4.78, 5) is 4.71. The molecule has 2 aromatic rings. The molecule has 0 saturated carbocycles. The second-order valence-corrected chi connectivity index (χ2v) is 7.18. The van der Waals surface area contributed by atoms with Crippen molar-refractivity contribution in [2.75, 3.05) is 6.26 Å². The summed E-state index contributed by atoms with van der Waals surface area (Å²) in [5, 5.41) is 0. The Morgan fingerprint density at radius 3 is 2.29 bits per heavy atom. The molecule has 1 atom stereocenters. The molecule has 1 aromatic carbocycles. The van der Waals surface area contributed by atoms with Crippen LogP contribution in [0, 0.1) is 0 Å². The first kappa shape index (κ1) is 15.7. The van der Waals surface area contributed by atoms with Crippen LogP contribution in [-0.4, -0.2) is 19.7 Å². The van der Waals surface area contributed by atoms with Gasteiger partial charge in [0.05, 0.1) is 4.90 Å². The summed E-state index contributed by atoms with van der Waals surface area (Å²) in [5.74, 6) is 0. The van der Waals surface area contributed by atoms with Crippen molar-refractivity contribution in [3.8, 4) is 0 Å². The van der Waals surface area contributed by atoms with Gasteiger partial charge < -0.3 is 5.73 Å². The molecule has 0 saturated heterocycles. The molecule has 2 N–H and O–H groups in total. The minimum atomic E-state index is -3.17. The molecule has 0 aliphatic heterocycles. The molecular formula is C16H20N2O2S. The Kier molecular flexibility index (Phi) is 4.75. The molecule has 0 radical (unpaired) electrons. The lowest BCUT2D eigenvalue weighted by atomic mass is 10.0. The Balaban J connectivity index is 2.10. The van der Waals surface area contributed by atoms with Gasteiger partial charge >= 0.3 is 0 Å². The molecule has 1 heterocycles. The van der Waals surface area contributed by atoms with E-state index in [9.17, 15) is 8.42 Å². The van der Waals surface area contributed by atoms with Gasteiger partial charge in [-0.2, -0.15) is 0 Å². The van der Waals surface area contributed by atoms with Gasteiger partial charge in [0.1, 0.15) is 0 Å². The zero-order valence-corrected chi connectivity index (χ0v) is 13.1. The molecule has 112 valence electrons. The molecule has 0 spiro atoms. The zero-order valence-electron chi connectivity index (χ0n) is 12.3. The van der Waals surface area contributed by atoms with E-state index in [1.54, 1.807) is 24.3 Å². The number of sulfone groups is 1. The Hall–Kier alpha value is -1.72. The Labute approximate surface area is 125 Å². The molecule has 4 nitrogen and oxygen atoms in total. The minimum Gasteiger partial charge on any atom is -0.324 e. The van der Waals surface area contributed by atoms with E-state index >= 15 is 0 Å². The quantitative estimate of drug-likeness (QED) is 0.920. The van der Waals surface area contributed by atoms with Crippen LogP contribution in [0.4, 0.5) is 0 Å². The molecule has 0 aliphatic rings. The van der Waals surface area contributed by atoms with Crippen LogP contribution in [0.3, 0.4) is 0 Å². The molecule has 5 heteroatoms. The van der Waals surface area contributed by atoms with Crippen molar-refractivity contribution in [3.63, 3.8) is 0 Å². The molecule has 0 fully saturated rings. The van der Waals surface area contributed by atoms with Gasteiger partial charge in [-0.15, -0.1) is 0 Å².